The van der Waals surface area contributed by atoms with Crippen LogP contribution in [0.3, 0.4) is 0 Å². The van der Waals surface area contributed by atoms with Gasteiger partial charge in [0, 0.05) is 50.8 Å². The zero-order valence-corrected chi connectivity index (χ0v) is 31.5. The van der Waals surface area contributed by atoms with Gasteiger partial charge in [0.05, 0.1) is 43.9 Å². The van der Waals surface area contributed by atoms with Crippen molar-refractivity contribution in [2.75, 3.05) is 38.2 Å². The lowest BCUT2D eigenvalue weighted by atomic mass is 9.97. The SMILES string of the molecule is CC(N)c1nc2cccc(Cl)c2c(=O)n1N1CCN(Cc2ccccc2)CC1.C[C@H](N)c1nc2cccc(Cl)c2c(=O)n1C1C[C@H]2CC[C@@H](C1)N2C. The molecule has 3 aliphatic heterocycles. The van der Waals surface area contributed by atoms with E-state index in [9.17, 15) is 9.59 Å². The standard InChI is InChI=1S/C21H24ClN5O.C18H23ClN4O/c1-15(23)20-24-18-9-5-8-17(22)19(18)21(28)27(20)26-12-10-25(11-13-26)14-16-6-3-2-4-7-16;1-10(20)17-21-15-5-3-4-14(19)16(15)18(24)23(17)13-8-11-6-7-12(9-13)22(11)2/h2-9,15H,10-14,23H2,1H3;3-5,10-13H,6-9,20H2,1-2H3/t;10-,11-,12+,13?/m.0/s1. The van der Waals surface area contributed by atoms with Crippen LogP contribution in [0.15, 0.2) is 76.3 Å². The lowest BCUT2D eigenvalue weighted by molar-refractivity contribution is 0.133. The highest BCUT2D eigenvalue weighted by Crippen LogP contribution is 2.40. The van der Waals surface area contributed by atoms with Gasteiger partial charge in [0.25, 0.3) is 11.1 Å². The molecular formula is C39H47Cl2N9O2. The van der Waals surface area contributed by atoms with Crippen molar-refractivity contribution in [2.45, 2.75) is 76.3 Å². The number of piperidine rings is 1. The zero-order chi connectivity index (χ0) is 36.7. The molecule has 13 heteroatoms. The molecular weight excluding hydrogens is 697 g/mol. The predicted molar refractivity (Wildman–Crippen MR) is 210 cm³/mol. The van der Waals surface area contributed by atoms with E-state index >= 15 is 0 Å². The fourth-order valence-electron chi connectivity index (χ4n) is 8.19. The van der Waals surface area contributed by atoms with E-state index < -0.39 is 0 Å². The minimum atomic E-state index is -0.363. The Kier molecular flexibility index (Phi) is 10.7. The molecule has 0 aliphatic carbocycles. The summed E-state index contributed by atoms with van der Waals surface area (Å²) in [5, 5.41) is 3.88. The monoisotopic (exact) mass is 743 g/mol. The van der Waals surface area contributed by atoms with Crippen LogP contribution in [0.4, 0.5) is 0 Å². The number of nitrogens with zero attached hydrogens (tertiary/aromatic N) is 7. The van der Waals surface area contributed by atoms with E-state index in [2.05, 4.69) is 46.1 Å². The lowest BCUT2D eigenvalue weighted by Gasteiger charge is -2.38. The normalized spacial score (nSPS) is 22.0. The second kappa shape index (κ2) is 15.3. The highest BCUT2D eigenvalue weighted by Gasteiger charge is 2.40. The summed E-state index contributed by atoms with van der Waals surface area (Å²) >= 11 is 12.6. The maximum Gasteiger partial charge on any atom is 0.281 e. The molecule has 2 aromatic heterocycles. The molecule has 3 fully saturated rings. The van der Waals surface area contributed by atoms with Gasteiger partial charge < -0.3 is 21.4 Å². The van der Waals surface area contributed by atoms with Crippen LogP contribution in [0.25, 0.3) is 21.8 Å². The van der Waals surface area contributed by atoms with Crippen molar-refractivity contribution in [1.29, 1.82) is 0 Å². The smallest absolute Gasteiger partial charge is 0.281 e. The molecule has 4 N–H and O–H groups in total. The molecule has 0 saturated carbocycles. The first kappa shape index (κ1) is 36.5. The van der Waals surface area contributed by atoms with Crippen molar-refractivity contribution in [1.82, 2.24) is 29.0 Å². The van der Waals surface area contributed by atoms with Gasteiger partial charge in [0.15, 0.2) is 0 Å². The molecule has 3 aliphatic rings. The maximum atomic E-state index is 13.3. The van der Waals surface area contributed by atoms with Crippen molar-refractivity contribution in [3.8, 4) is 0 Å². The predicted octanol–water partition coefficient (Wildman–Crippen LogP) is 5.39. The second-order valence-electron chi connectivity index (χ2n) is 14.5. The van der Waals surface area contributed by atoms with Crippen molar-refractivity contribution >= 4 is 45.0 Å². The van der Waals surface area contributed by atoms with Gasteiger partial charge in [-0.25, -0.2) is 14.6 Å². The van der Waals surface area contributed by atoms with Gasteiger partial charge in [-0.3, -0.25) is 19.1 Å². The number of aromatic nitrogens is 4. The van der Waals surface area contributed by atoms with Crippen LogP contribution in [0.2, 0.25) is 10.0 Å². The first-order chi connectivity index (χ1) is 25.0. The summed E-state index contributed by atoms with van der Waals surface area (Å²) in [6, 6.07) is 21.7. The molecule has 52 heavy (non-hydrogen) atoms. The van der Waals surface area contributed by atoms with Crippen LogP contribution >= 0.6 is 23.2 Å². The van der Waals surface area contributed by atoms with Crippen LogP contribution in [0, 0.1) is 0 Å². The Morgan fingerprint density at radius 1 is 0.712 bits per heavy atom. The number of nitrogens with two attached hydrogens (primary N) is 2. The van der Waals surface area contributed by atoms with Crippen molar-refractivity contribution in [3.05, 3.63) is 115 Å². The quantitative estimate of drug-likeness (QED) is 0.235. The number of hydrogen-bond acceptors (Lipinski definition) is 9. The Bertz CT molecular complexity index is 2170. The molecule has 0 spiro atoms. The summed E-state index contributed by atoms with van der Waals surface area (Å²) < 4.78 is 3.48. The highest BCUT2D eigenvalue weighted by atomic mass is 35.5. The van der Waals surface area contributed by atoms with Crippen LogP contribution in [-0.2, 0) is 6.54 Å². The van der Waals surface area contributed by atoms with Crippen molar-refractivity contribution in [2.24, 2.45) is 11.5 Å². The van der Waals surface area contributed by atoms with E-state index in [1.807, 2.05) is 41.6 Å². The van der Waals surface area contributed by atoms with Crippen molar-refractivity contribution < 1.29 is 0 Å². The summed E-state index contributed by atoms with van der Waals surface area (Å²) in [6.07, 6.45) is 4.37. The molecule has 0 amide bonds. The molecule has 3 aromatic carbocycles. The van der Waals surface area contributed by atoms with E-state index in [1.165, 1.54) is 18.4 Å². The molecule has 11 nitrogen and oxygen atoms in total. The van der Waals surface area contributed by atoms with Crippen LogP contribution < -0.4 is 27.6 Å². The van der Waals surface area contributed by atoms with E-state index in [1.54, 1.807) is 28.9 Å². The first-order valence-electron chi connectivity index (χ1n) is 18.2. The van der Waals surface area contributed by atoms with Gasteiger partial charge in [-0.1, -0.05) is 65.7 Å². The highest BCUT2D eigenvalue weighted by molar-refractivity contribution is 6.35. The molecule has 2 unspecified atom stereocenters. The Morgan fingerprint density at radius 3 is 1.81 bits per heavy atom. The van der Waals surface area contributed by atoms with Gasteiger partial charge in [-0.15, -0.1) is 0 Å². The Balaban J connectivity index is 0.000000164. The largest absolute Gasteiger partial charge is 0.322 e. The fraction of sp³-hybridized carbons (Fsp3) is 0.436. The number of halogens is 2. The Hall–Kier alpha value is -3.84. The third-order valence-electron chi connectivity index (χ3n) is 10.9. The minimum absolute atomic E-state index is 0.0492. The molecule has 274 valence electrons. The number of fused-ring (bicyclic) bond motifs is 4. The first-order valence-corrected chi connectivity index (χ1v) is 18.9. The maximum absolute atomic E-state index is 13.3. The summed E-state index contributed by atoms with van der Waals surface area (Å²) in [7, 11) is 2.20. The summed E-state index contributed by atoms with van der Waals surface area (Å²) in [4.78, 5) is 40.7. The van der Waals surface area contributed by atoms with Gasteiger partial charge >= 0.3 is 0 Å². The Morgan fingerprint density at radius 2 is 1.25 bits per heavy atom. The number of piperazine rings is 1. The molecule has 8 rings (SSSR count). The average Bonchev–Trinajstić information content (AvgIpc) is 3.31. The topological polar surface area (TPSA) is 132 Å². The number of rotatable bonds is 6. The summed E-state index contributed by atoms with van der Waals surface area (Å²) in [5.41, 5.74) is 14.6. The second-order valence-corrected chi connectivity index (χ2v) is 15.3. The number of benzene rings is 3. The van der Waals surface area contributed by atoms with Gasteiger partial charge in [-0.05, 0) is 76.4 Å². The molecule has 0 radical (unpaired) electrons. The molecule has 3 saturated heterocycles. The van der Waals surface area contributed by atoms with E-state index in [4.69, 9.17) is 39.7 Å². The zero-order valence-electron chi connectivity index (χ0n) is 30.0. The molecule has 5 aromatic rings. The fourth-order valence-corrected chi connectivity index (χ4v) is 8.69. The van der Waals surface area contributed by atoms with Gasteiger partial charge in [0.1, 0.15) is 11.6 Å². The third kappa shape index (κ3) is 7.10. The van der Waals surface area contributed by atoms with Crippen molar-refractivity contribution in [3.63, 3.8) is 0 Å². The van der Waals surface area contributed by atoms with Crippen LogP contribution in [-0.4, -0.2) is 74.3 Å². The van der Waals surface area contributed by atoms with Crippen LogP contribution in [0.5, 0.6) is 0 Å². The van der Waals surface area contributed by atoms with E-state index in [0.29, 0.717) is 55.6 Å². The van der Waals surface area contributed by atoms with Gasteiger partial charge in [-0.2, -0.15) is 0 Å². The molecule has 5 atom stereocenters. The number of hydrogen-bond donors (Lipinski definition) is 2. The summed E-state index contributed by atoms with van der Waals surface area (Å²) in [6.45, 7) is 7.82. The van der Waals surface area contributed by atoms with E-state index in [0.717, 1.165) is 45.6 Å². The van der Waals surface area contributed by atoms with Crippen LogP contribution in [0.1, 0.15) is 74.9 Å². The summed E-state index contributed by atoms with van der Waals surface area (Å²) in [5.74, 6) is 1.24. The lowest BCUT2D eigenvalue weighted by Crippen LogP contribution is -2.55. The minimum Gasteiger partial charge on any atom is -0.322 e. The average molecular weight is 745 g/mol. The van der Waals surface area contributed by atoms with E-state index in [-0.39, 0.29) is 29.2 Å². The van der Waals surface area contributed by atoms with Gasteiger partial charge in [0.2, 0.25) is 0 Å². The Labute approximate surface area is 313 Å². The molecule has 5 heterocycles. The molecule has 2 bridgehead atoms. The third-order valence-corrected chi connectivity index (χ3v) is 11.5.